The zero-order chi connectivity index (χ0) is 14.1. The van der Waals surface area contributed by atoms with Crippen molar-refractivity contribution in [2.75, 3.05) is 5.73 Å². The van der Waals surface area contributed by atoms with Gasteiger partial charge in [-0.05, 0) is 40.9 Å². The second kappa shape index (κ2) is 5.40. The molecule has 1 fully saturated rings. The number of aromatic hydroxyl groups is 1. The third-order valence-electron chi connectivity index (χ3n) is 3.75. The highest BCUT2D eigenvalue weighted by Crippen LogP contribution is 2.39. The predicted molar refractivity (Wildman–Crippen MR) is 82.5 cm³/mol. The maximum Gasteiger partial charge on any atom is 0.161 e. The number of anilines is 1. The number of nitrogens with two attached hydrogens (primary N) is 1. The van der Waals surface area contributed by atoms with Crippen molar-refractivity contribution in [2.24, 2.45) is 0 Å². The average Bonchev–Trinajstić information content (AvgIpc) is 2.95. The molecule has 3 rings (SSSR count). The van der Waals surface area contributed by atoms with E-state index in [4.69, 9.17) is 5.73 Å². The van der Waals surface area contributed by atoms with Crippen LogP contribution in [-0.2, 0) is 0 Å². The van der Waals surface area contributed by atoms with Gasteiger partial charge in [0.1, 0.15) is 11.6 Å². The molecule has 1 aromatic carbocycles. The van der Waals surface area contributed by atoms with Gasteiger partial charge in [0.05, 0.1) is 10.2 Å². The van der Waals surface area contributed by atoms with E-state index in [1.165, 1.54) is 12.8 Å². The first-order valence-corrected chi connectivity index (χ1v) is 7.57. The third kappa shape index (κ3) is 2.50. The first kappa shape index (κ1) is 13.4. The minimum absolute atomic E-state index is 0.204. The number of nitrogens with zero attached hydrogens (tertiary/aromatic N) is 2. The summed E-state index contributed by atoms with van der Waals surface area (Å²) in [6.45, 7) is 0. The quantitative estimate of drug-likeness (QED) is 0.875. The van der Waals surface area contributed by atoms with E-state index < -0.39 is 0 Å². The lowest BCUT2D eigenvalue weighted by Gasteiger charge is -2.14. The molecule has 0 amide bonds. The summed E-state index contributed by atoms with van der Waals surface area (Å²) in [6, 6.07) is 6.94. The van der Waals surface area contributed by atoms with Crippen molar-refractivity contribution in [3.63, 3.8) is 0 Å². The van der Waals surface area contributed by atoms with E-state index >= 15 is 0 Å². The minimum atomic E-state index is 0.204. The van der Waals surface area contributed by atoms with E-state index in [0.29, 0.717) is 17.6 Å². The Balaban J connectivity index is 2.08. The lowest BCUT2D eigenvalue weighted by atomic mass is 10.0. The number of benzene rings is 1. The fourth-order valence-electron chi connectivity index (χ4n) is 2.73. The molecule has 20 heavy (non-hydrogen) atoms. The Morgan fingerprint density at radius 1 is 1.20 bits per heavy atom. The monoisotopic (exact) mass is 333 g/mol. The number of rotatable bonds is 2. The van der Waals surface area contributed by atoms with Crippen LogP contribution < -0.4 is 5.73 Å². The van der Waals surface area contributed by atoms with E-state index in [2.05, 4.69) is 25.9 Å². The summed E-state index contributed by atoms with van der Waals surface area (Å²) in [5.74, 6) is 1.68. The number of aromatic nitrogens is 2. The van der Waals surface area contributed by atoms with Crippen LogP contribution in [0.1, 0.15) is 37.3 Å². The van der Waals surface area contributed by atoms with Gasteiger partial charge in [-0.1, -0.05) is 25.0 Å². The van der Waals surface area contributed by atoms with Crippen LogP contribution in [0.3, 0.4) is 0 Å². The van der Waals surface area contributed by atoms with Crippen LogP contribution in [0.5, 0.6) is 5.75 Å². The molecular weight excluding hydrogens is 318 g/mol. The smallest absolute Gasteiger partial charge is 0.161 e. The van der Waals surface area contributed by atoms with Gasteiger partial charge in [-0.15, -0.1) is 0 Å². The summed E-state index contributed by atoms with van der Waals surface area (Å²) in [5.41, 5.74) is 7.78. The largest absolute Gasteiger partial charge is 0.508 e. The topological polar surface area (TPSA) is 72.0 Å². The molecule has 5 heteroatoms. The van der Waals surface area contributed by atoms with Gasteiger partial charge in [0.2, 0.25) is 0 Å². The van der Waals surface area contributed by atoms with Gasteiger partial charge in [-0.25, -0.2) is 9.97 Å². The van der Waals surface area contributed by atoms with E-state index in [9.17, 15) is 5.11 Å². The molecular formula is C15H16BrN3O. The number of phenols is 1. The van der Waals surface area contributed by atoms with Crippen molar-refractivity contribution in [1.82, 2.24) is 9.97 Å². The first-order valence-electron chi connectivity index (χ1n) is 6.77. The Hall–Kier alpha value is -1.62. The molecule has 1 heterocycles. The van der Waals surface area contributed by atoms with Crippen molar-refractivity contribution in [1.29, 1.82) is 0 Å². The highest BCUT2D eigenvalue weighted by molar-refractivity contribution is 9.10. The molecule has 2 aromatic rings. The fourth-order valence-corrected chi connectivity index (χ4v) is 3.23. The summed E-state index contributed by atoms with van der Waals surface area (Å²) in [5, 5.41) is 9.58. The second-order valence-electron chi connectivity index (χ2n) is 5.16. The Morgan fingerprint density at radius 2 is 1.95 bits per heavy atom. The molecule has 104 valence electrons. The summed E-state index contributed by atoms with van der Waals surface area (Å²) >= 11 is 3.51. The predicted octanol–water partition coefficient (Wildman–Crippen LogP) is 3.85. The molecule has 1 aromatic heterocycles. The molecule has 0 unspecified atom stereocenters. The van der Waals surface area contributed by atoms with E-state index in [0.717, 1.165) is 28.6 Å². The van der Waals surface area contributed by atoms with Crippen LogP contribution in [0.15, 0.2) is 28.7 Å². The van der Waals surface area contributed by atoms with E-state index in [1.807, 2.05) is 6.07 Å². The van der Waals surface area contributed by atoms with Gasteiger partial charge in [-0.3, -0.25) is 0 Å². The summed E-state index contributed by atoms with van der Waals surface area (Å²) in [7, 11) is 0. The summed E-state index contributed by atoms with van der Waals surface area (Å²) in [4.78, 5) is 9.00. The van der Waals surface area contributed by atoms with Gasteiger partial charge in [0.15, 0.2) is 5.82 Å². The summed E-state index contributed by atoms with van der Waals surface area (Å²) in [6.07, 6.45) is 4.77. The fraction of sp³-hybridized carbons (Fsp3) is 0.333. The van der Waals surface area contributed by atoms with Gasteiger partial charge in [0, 0.05) is 11.5 Å². The van der Waals surface area contributed by atoms with Crippen LogP contribution in [0.2, 0.25) is 0 Å². The number of halogens is 1. The third-order valence-corrected chi connectivity index (χ3v) is 4.56. The van der Waals surface area contributed by atoms with Crippen LogP contribution in [0, 0.1) is 0 Å². The molecule has 1 saturated carbocycles. The number of hydrogen-bond acceptors (Lipinski definition) is 4. The van der Waals surface area contributed by atoms with Crippen molar-refractivity contribution in [3.8, 4) is 17.1 Å². The molecule has 0 aliphatic heterocycles. The second-order valence-corrected chi connectivity index (χ2v) is 5.96. The van der Waals surface area contributed by atoms with Crippen molar-refractivity contribution in [2.45, 2.75) is 31.6 Å². The Labute approximate surface area is 126 Å². The Bertz CT molecular complexity index is 639. The first-order chi connectivity index (χ1) is 9.65. The molecule has 0 bridgehead atoms. The lowest BCUT2D eigenvalue weighted by Crippen LogP contribution is -2.05. The molecule has 4 nitrogen and oxygen atoms in total. The average molecular weight is 334 g/mol. The van der Waals surface area contributed by atoms with Crippen molar-refractivity contribution in [3.05, 3.63) is 34.4 Å². The number of nitrogen functional groups attached to an aromatic ring is 1. The van der Waals surface area contributed by atoms with Gasteiger partial charge in [-0.2, -0.15) is 0 Å². The molecule has 1 aliphatic rings. The number of phenolic OH excluding ortho intramolecular Hbond substituents is 1. The lowest BCUT2D eigenvalue weighted by molar-refractivity contribution is 0.475. The zero-order valence-corrected chi connectivity index (χ0v) is 12.6. The normalized spacial score (nSPS) is 15.7. The van der Waals surface area contributed by atoms with E-state index in [1.54, 1.807) is 18.2 Å². The Morgan fingerprint density at radius 3 is 2.65 bits per heavy atom. The number of hydrogen-bond donors (Lipinski definition) is 2. The maximum absolute atomic E-state index is 9.58. The molecule has 0 atom stereocenters. The van der Waals surface area contributed by atoms with Crippen LogP contribution >= 0.6 is 15.9 Å². The van der Waals surface area contributed by atoms with Crippen molar-refractivity contribution < 1.29 is 5.11 Å². The van der Waals surface area contributed by atoms with Crippen LogP contribution in [-0.4, -0.2) is 15.1 Å². The van der Waals surface area contributed by atoms with Gasteiger partial charge < -0.3 is 10.8 Å². The summed E-state index contributed by atoms with van der Waals surface area (Å²) < 4.78 is 0.813. The maximum atomic E-state index is 9.58. The van der Waals surface area contributed by atoms with Gasteiger partial charge in [0.25, 0.3) is 0 Å². The molecule has 0 radical (unpaired) electrons. The molecule has 0 saturated heterocycles. The van der Waals surface area contributed by atoms with E-state index in [-0.39, 0.29) is 5.75 Å². The molecule has 3 N–H and O–H groups in total. The standard InChI is InChI=1S/C15H16BrN3O/c16-12-13(9-4-1-2-5-9)18-15(19-14(12)17)10-6-3-7-11(20)8-10/h3,6-9,20H,1-2,4-5H2,(H2,17,18,19). The van der Waals surface area contributed by atoms with Gasteiger partial charge >= 0.3 is 0 Å². The highest BCUT2D eigenvalue weighted by Gasteiger charge is 2.23. The molecule has 1 aliphatic carbocycles. The van der Waals surface area contributed by atoms with Crippen LogP contribution in [0.25, 0.3) is 11.4 Å². The highest BCUT2D eigenvalue weighted by atomic mass is 79.9. The zero-order valence-electron chi connectivity index (χ0n) is 11.0. The minimum Gasteiger partial charge on any atom is -0.508 e. The molecule has 0 spiro atoms. The van der Waals surface area contributed by atoms with Crippen molar-refractivity contribution >= 4 is 21.7 Å². The van der Waals surface area contributed by atoms with Crippen LogP contribution in [0.4, 0.5) is 5.82 Å². The Kier molecular flexibility index (Phi) is 3.61. The SMILES string of the molecule is Nc1nc(-c2cccc(O)c2)nc(C2CCCC2)c1Br.